The lowest BCUT2D eigenvalue weighted by Crippen LogP contribution is -2.29. The van der Waals surface area contributed by atoms with E-state index in [1.807, 2.05) is 29.0 Å². The molecule has 0 radical (unpaired) electrons. The SMILES string of the molecule is CCCCC(CC)CC(NN)c1cnn2ccccc12. The fourth-order valence-electron chi connectivity index (χ4n) is 2.82. The molecular weight excluding hydrogens is 248 g/mol. The van der Waals surface area contributed by atoms with Gasteiger partial charge >= 0.3 is 0 Å². The fourth-order valence-corrected chi connectivity index (χ4v) is 2.82. The first-order chi connectivity index (χ1) is 9.80. The highest BCUT2D eigenvalue weighted by Gasteiger charge is 2.19. The molecule has 0 aliphatic carbocycles. The first-order valence-electron chi connectivity index (χ1n) is 7.68. The smallest absolute Gasteiger partial charge is 0.0709 e. The van der Waals surface area contributed by atoms with Crippen molar-refractivity contribution in [3.63, 3.8) is 0 Å². The van der Waals surface area contributed by atoms with Gasteiger partial charge in [-0.2, -0.15) is 5.10 Å². The highest BCUT2D eigenvalue weighted by Crippen LogP contribution is 2.28. The van der Waals surface area contributed by atoms with Crippen molar-refractivity contribution in [1.29, 1.82) is 0 Å². The zero-order valence-corrected chi connectivity index (χ0v) is 12.5. The van der Waals surface area contributed by atoms with E-state index in [2.05, 4.69) is 30.4 Å². The quantitative estimate of drug-likeness (QED) is 0.572. The molecule has 0 saturated carbocycles. The Morgan fingerprint density at radius 1 is 1.35 bits per heavy atom. The number of unbranched alkanes of at least 4 members (excludes halogenated alkanes) is 1. The minimum atomic E-state index is 0.178. The molecule has 2 rings (SSSR count). The van der Waals surface area contributed by atoms with Crippen LogP contribution in [0, 0.1) is 5.92 Å². The Morgan fingerprint density at radius 3 is 2.90 bits per heavy atom. The molecule has 0 saturated heterocycles. The molecule has 0 aromatic carbocycles. The minimum absolute atomic E-state index is 0.178. The third-order valence-electron chi connectivity index (χ3n) is 4.15. The molecule has 2 heterocycles. The zero-order valence-electron chi connectivity index (χ0n) is 12.5. The Balaban J connectivity index is 2.15. The van der Waals surface area contributed by atoms with Gasteiger partial charge in [-0.15, -0.1) is 0 Å². The summed E-state index contributed by atoms with van der Waals surface area (Å²) in [4.78, 5) is 0. The summed E-state index contributed by atoms with van der Waals surface area (Å²) >= 11 is 0. The van der Waals surface area contributed by atoms with E-state index in [1.165, 1.54) is 31.2 Å². The zero-order chi connectivity index (χ0) is 14.4. The second-order valence-corrected chi connectivity index (χ2v) is 5.50. The lowest BCUT2D eigenvalue weighted by Gasteiger charge is -2.21. The predicted octanol–water partition coefficient (Wildman–Crippen LogP) is 3.45. The van der Waals surface area contributed by atoms with Crippen LogP contribution in [0.2, 0.25) is 0 Å². The first kappa shape index (κ1) is 15.0. The van der Waals surface area contributed by atoms with Crippen LogP contribution in [-0.4, -0.2) is 9.61 Å². The number of hydrogen-bond acceptors (Lipinski definition) is 3. The fraction of sp³-hybridized carbons (Fsp3) is 0.562. The van der Waals surface area contributed by atoms with E-state index in [9.17, 15) is 0 Å². The van der Waals surface area contributed by atoms with Gasteiger partial charge < -0.3 is 0 Å². The molecule has 2 aromatic rings. The van der Waals surface area contributed by atoms with Gasteiger partial charge in [0.1, 0.15) is 0 Å². The number of rotatable bonds is 8. The highest BCUT2D eigenvalue weighted by molar-refractivity contribution is 5.54. The number of fused-ring (bicyclic) bond motifs is 1. The molecule has 2 aromatic heterocycles. The van der Waals surface area contributed by atoms with Crippen LogP contribution in [0.3, 0.4) is 0 Å². The van der Waals surface area contributed by atoms with Gasteiger partial charge in [0.15, 0.2) is 0 Å². The maximum absolute atomic E-state index is 5.80. The normalized spacial score (nSPS) is 14.6. The van der Waals surface area contributed by atoms with Gasteiger partial charge in [0.05, 0.1) is 11.7 Å². The van der Waals surface area contributed by atoms with Crippen LogP contribution in [-0.2, 0) is 0 Å². The van der Waals surface area contributed by atoms with Crippen molar-refractivity contribution in [3.05, 3.63) is 36.2 Å². The Hall–Kier alpha value is -1.39. The van der Waals surface area contributed by atoms with Crippen molar-refractivity contribution in [3.8, 4) is 0 Å². The van der Waals surface area contributed by atoms with Crippen LogP contribution < -0.4 is 11.3 Å². The maximum Gasteiger partial charge on any atom is 0.0709 e. The van der Waals surface area contributed by atoms with E-state index in [4.69, 9.17) is 5.84 Å². The summed E-state index contributed by atoms with van der Waals surface area (Å²) in [5.41, 5.74) is 5.32. The topological polar surface area (TPSA) is 55.3 Å². The van der Waals surface area contributed by atoms with Gasteiger partial charge in [-0.1, -0.05) is 45.6 Å². The Morgan fingerprint density at radius 2 is 2.20 bits per heavy atom. The molecule has 2 atom stereocenters. The van der Waals surface area contributed by atoms with Crippen LogP contribution in [0.15, 0.2) is 30.6 Å². The standard InChI is InChI=1S/C16H26N4/c1-3-5-8-13(4-2)11-15(19-17)14-12-18-20-10-7-6-9-16(14)20/h6-7,9-10,12-13,15,19H,3-5,8,11,17H2,1-2H3. The van der Waals surface area contributed by atoms with Gasteiger partial charge in [-0.05, 0) is 24.5 Å². The third kappa shape index (κ3) is 3.38. The summed E-state index contributed by atoms with van der Waals surface area (Å²) in [5, 5.41) is 4.40. The number of nitrogens with zero attached hydrogens (tertiary/aromatic N) is 2. The van der Waals surface area contributed by atoms with E-state index in [0.29, 0.717) is 0 Å². The second-order valence-electron chi connectivity index (χ2n) is 5.50. The van der Waals surface area contributed by atoms with Crippen LogP contribution in [0.1, 0.15) is 57.6 Å². The van der Waals surface area contributed by atoms with Crippen molar-refractivity contribution in [2.75, 3.05) is 0 Å². The molecule has 0 aliphatic heterocycles. The lowest BCUT2D eigenvalue weighted by atomic mass is 9.90. The van der Waals surface area contributed by atoms with Crippen molar-refractivity contribution in [2.24, 2.45) is 11.8 Å². The molecule has 0 fully saturated rings. The summed E-state index contributed by atoms with van der Waals surface area (Å²) in [6.45, 7) is 4.51. The van der Waals surface area contributed by atoms with Crippen LogP contribution in [0.25, 0.3) is 5.52 Å². The maximum atomic E-state index is 5.80. The molecule has 4 heteroatoms. The Kier molecular flexibility index (Phi) is 5.56. The van der Waals surface area contributed by atoms with Gasteiger partial charge in [0, 0.05) is 17.8 Å². The minimum Gasteiger partial charge on any atom is -0.271 e. The third-order valence-corrected chi connectivity index (χ3v) is 4.15. The van der Waals surface area contributed by atoms with Gasteiger partial charge in [-0.3, -0.25) is 11.3 Å². The molecule has 4 nitrogen and oxygen atoms in total. The second kappa shape index (κ2) is 7.41. The number of hydrogen-bond donors (Lipinski definition) is 2. The molecule has 2 unspecified atom stereocenters. The van der Waals surface area contributed by atoms with Crippen LogP contribution in [0.5, 0.6) is 0 Å². The number of nitrogens with one attached hydrogen (secondary N) is 1. The summed E-state index contributed by atoms with van der Waals surface area (Å²) in [5.74, 6) is 6.52. The van der Waals surface area contributed by atoms with Crippen LogP contribution in [0.4, 0.5) is 0 Å². The predicted molar refractivity (Wildman–Crippen MR) is 83.2 cm³/mol. The van der Waals surface area contributed by atoms with E-state index in [1.54, 1.807) is 0 Å². The van der Waals surface area contributed by atoms with E-state index >= 15 is 0 Å². The van der Waals surface area contributed by atoms with E-state index in [0.717, 1.165) is 17.9 Å². The van der Waals surface area contributed by atoms with E-state index in [-0.39, 0.29) is 6.04 Å². The summed E-state index contributed by atoms with van der Waals surface area (Å²) < 4.78 is 1.91. The largest absolute Gasteiger partial charge is 0.271 e. The van der Waals surface area contributed by atoms with Crippen LogP contribution >= 0.6 is 0 Å². The molecular formula is C16H26N4. The van der Waals surface area contributed by atoms with Crippen molar-refractivity contribution >= 4 is 5.52 Å². The van der Waals surface area contributed by atoms with Crippen molar-refractivity contribution in [1.82, 2.24) is 15.0 Å². The molecule has 0 amide bonds. The molecule has 0 bridgehead atoms. The summed E-state index contributed by atoms with van der Waals surface area (Å²) in [7, 11) is 0. The number of aromatic nitrogens is 2. The van der Waals surface area contributed by atoms with Gasteiger partial charge in [-0.25, -0.2) is 4.52 Å². The molecule has 20 heavy (non-hydrogen) atoms. The lowest BCUT2D eigenvalue weighted by molar-refractivity contribution is 0.357. The Bertz CT molecular complexity index is 520. The highest BCUT2D eigenvalue weighted by atomic mass is 15.3. The average Bonchev–Trinajstić information content (AvgIpc) is 2.92. The number of hydrazine groups is 1. The summed E-state index contributed by atoms with van der Waals surface area (Å²) in [6, 6.07) is 6.31. The average molecular weight is 274 g/mol. The summed E-state index contributed by atoms with van der Waals surface area (Å²) in [6.07, 6.45) is 10.0. The molecule has 0 aliphatic rings. The van der Waals surface area contributed by atoms with E-state index < -0.39 is 0 Å². The monoisotopic (exact) mass is 274 g/mol. The van der Waals surface area contributed by atoms with Gasteiger partial charge in [0.2, 0.25) is 0 Å². The van der Waals surface area contributed by atoms with Crippen molar-refractivity contribution < 1.29 is 0 Å². The van der Waals surface area contributed by atoms with Gasteiger partial charge in [0.25, 0.3) is 0 Å². The molecule has 110 valence electrons. The molecule has 3 N–H and O–H groups in total. The number of nitrogens with two attached hydrogens (primary N) is 1. The first-order valence-corrected chi connectivity index (χ1v) is 7.68. The number of pyridine rings is 1. The van der Waals surface area contributed by atoms with Crippen molar-refractivity contribution in [2.45, 2.75) is 52.0 Å². The molecule has 0 spiro atoms. The Labute approximate surface area is 121 Å².